The van der Waals surface area contributed by atoms with Crippen LogP contribution in [0.3, 0.4) is 0 Å². The smallest absolute Gasteiger partial charge is 0.243 e. The molecular formula is C12H15Cl2N3O2S. The maximum Gasteiger partial charge on any atom is 0.243 e. The van der Waals surface area contributed by atoms with Crippen molar-refractivity contribution in [2.24, 2.45) is 0 Å². The number of hydrogen-bond acceptors (Lipinski definition) is 4. The Morgan fingerprint density at radius 3 is 2.75 bits per heavy atom. The standard InChI is InChI=1S/C12H14ClN3O2S.ClH/c1-16(10-4-5-15-8-10)19(17,18)11-2-3-12(13)9(6-11)7-14;/h2-3,6,10,15H,4-5,8H2,1H3;1H. The summed E-state index contributed by atoms with van der Waals surface area (Å²) in [4.78, 5) is 0.0999. The number of nitriles is 1. The van der Waals surface area contributed by atoms with Crippen LogP contribution in [-0.4, -0.2) is 38.9 Å². The number of sulfonamides is 1. The second kappa shape index (κ2) is 6.74. The molecule has 0 radical (unpaired) electrons. The van der Waals surface area contributed by atoms with Crippen molar-refractivity contribution in [3.8, 4) is 6.07 Å². The molecule has 8 heteroatoms. The average Bonchev–Trinajstić information content (AvgIpc) is 2.91. The highest BCUT2D eigenvalue weighted by Crippen LogP contribution is 2.23. The van der Waals surface area contributed by atoms with Crippen LogP contribution in [0, 0.1) is 11.3 Å². The highest BCUT2D eigenvalue weighted by Gasteiger charge is 2.30. The molecule has 1 unspecified atom stereocenters. The van der Waals surface area contributed by atoms with Gasteiger partial charge in [0.1, 0.15) is 6.07 Å². The lowest BCUT2D eigenvalue weighted by Crippen LogP contribution is -2.38. The zero-order valence-corrected chi connectivity index (χ0v) is 13.2. The first kappa shape index (κ1) is 17.2. The second-order valence-corrected chi connectivity index (χ2v) is 6.83. The molecule has 1 fully saturated rings. The quantitative estimate of drug-likeness (QED) is 0.910. The van der Waals surface area contributed by atoms with Gasteiger partial charge in [-0.1, -0.05) is 11.6 Å². The fourth-order valence-electron chi connectivity index (χ4n) is 2.06. The molecule has 0 aromatic heterocycles. The van der Waals surface area contributed by atoms with E-state index in [0.717, 1.165) is 13.0 Å². The highest BCUT2D eigenvalue weighted by atomic mass is 35.5. The summed E-state index contributed by atoms with van der Waals surface area (Å²) in [5.41, 5.74) is 0.167. The van der Waals surface area contributed by atoms with Gasteiger partial charge in [-0.05, 0) is 31.2 Å². The van der Waals surface area contributed by atoms with Gasteiger partial charge in [-0.3, -0.25) is 0 Å². The van der Waals surface area contributed by atoms with Crippen LogP contribution in [0.15, 0.2) is 23.1 Å². The molecule has 0 aliphatic carbocycles. The van der Waals surface area contributed by atoms with Crippen LogP contribution >= 0.6 is 24.0 Å². The first-order valence-corrected chi connectivity index (χ1v) is 7.67. The van der Waals surface area contributed by atoms with Crippen molar-refractivity contribution in [1.29, 1.82) is 5.26 Å². The molecule has 0 saturated carbocycles. The third kappa shape index (κ3) is 3.25. The minimum atomic E-state index is -3.59. The van der Waals surface area contributed by atoms with E-state index >= 15 is 0 Å². The predicted octanol–water partition coefficient (Wildman–Crippen LogP) is 1.62. The van der Waals surface area contributed by atoms with E-state index in [0.29, 0.717) is 6.54 Å². The molecule has 5 nitrogen and oxygen atoms in total. The third-order valence-corrected chi connectivity index (χ3v) is 5.52. The Bertz CT molecular complexity index is 622. The molecule has 2 rings (SSSR count). The second-order valence-electron chi connectivity index (χ2n) is 4.42. The predicted molar refractivity (Wildman–Crippen MR) is 79.6 cm³/mol. The van der Waals surface area contributed by atoms with Gasteiger partial charge in [-0.15, -0.1) is 12.4 Å². The minimum Gasteiger partial charge on any atom is -0.315 e. The van der Waals surface area contributed by atoms with Crippen LogP contribution in [-0.2, 0) is 10.0 Å². The summed E-state index contributed by atoms with van der Waals surface area (Å²) in [6, 6.07) is 6.02. The lowest BCUT2D eigenvalue weighted by atomic mass is 10.2. The SMILES string of the molecule is CN(C1CCNC1)S(=O)(=O)c1ccc(Cl)c(C#N)c1.Cl. The van der Waals surface area contributed by atoms with Gasteiger partial charge >= 0.3 is 0 Å². The molecule has 20 heavy (non-hydrogen) atoms. The number of rotatable bonds is 3. The fourth-order valence-corrected chi connectivity index (χ4v) is 3.63. The fraction of sp³-hybridized carbons (Fsp3) is 0.417. The van der Waals surface area contributed by atoms with E-state index in [2.05, 4.69) is 5.32 Å². The van der Waals surface area contributed by atoms with Crippen molar-refractivity contribution in [2.45, 2.75) is 17.4 Å². The Morgan fingerprint density at radius 2 is 2.20 bits per heavy atom. The molecule has 0 amide bonds. The Balaban J connectivity index is 0.00000200. The van der Waals surface area contributed by atoms with Crippen LogP contribution in [0.2, 0.25) is 5.02 Å². The number of benzene rings is 1. The molecule has 1 aromatic rings. The molecule has 1 saturated heterocycles. The van der Waals surface area contributed by atoms with E-state index in [4.69, 9.17) is 16.9 Å². The Kier molecular flexibility index (Phi) is 5.80. The third-order valence-electron chi connectivity index (χ3n) is 3.28. The lowest BCUT2D eigenvalue weighted by molar-refractivity contribution is 0.388. The Morgan fingerprint density at radius 1 is 1.50 bits per heavy atom. The van der Waals surface area contributed by atoms with Crippen LogP contribution in [0.5, 0.6) is 0 Å². The Hall–Kier alpha value is -0.840. The molecule has 1 aromatic carbocycles. The van der Waals surface area contributed by atoms with E-state index in [1.54, 1.807) is 7.05 Å². The van der Waals surface area contributed by atoms with Crippen molar-refractivity contribution in [3.63, 3.8) is 0 Å². The Labute approximate surface area is 130 Å². The molecule has 110 valence electrons. The van der Waals surface area contributed by atoms with Gasteiger partial charge in [0.05, 0.1) is 15.5 Å². The van der Waals surface area contributed by atoms with E-state index in [1.807, 2.05) is 6.07 Å². The molecule has 0 spiro atoms. The van der Waals surface area contributed by atoms with E-state index in [-0.39, 0.29) is 33.9 Å². The summed E-state index contributed by atoms with van der Waals surface area (Å²) in [5, 5.41) is 12.3. The molecule has 1 heterocycles. The van der Waals surface area contributed by atoms with E-state index < -0.39 is 10.0 Å². The van der Waals surface area contributed by atoms with Gasteiger partial charge in [0.25, 0.3) is 0 Å². The van der Waals surface area contributed by atoms with Crippen LogP contribution in [0.4, 0.5) is 0 Å². The summed E-state index contributed by atoms with van der Waals surface area (Å²) >= 11 is 5.81. The first-order chi connectivity index (χ1) is 8.96. The number of nitrogens with one attached hydrogen (secondary N) is 1. The molecular weight excluding hydrogens is 321 g/mol. The van der Waals surface area contributed by atoms with Crippen molar-refractivity contribution in [1.82, 2.24) is 9.62 Å². The van der Waals surface area contributed by atoms with Crippen molar-refractivity contribution in [2.75, 3.05) is 20.1 Å². The van der Waals surface area contributed by atoms with Crippen molar-refractivity contribution < 1.29 is 8.42 Å². The van der Waals surface area contributed by atoms with Gasteiger partial charge in [0, 0.05) is 19.6 Å². The topological polar surface area (TPSA) is 73.2 Å². The summed E-state index contributed by atoms with van der Waals surface area (Å²) in [6.45, 7) is 1.46. The largest absolute Gasteiger partial charge is 0.315 e. The summed E-state index contributed by atoms with van der Waals surface area (Å²) in [5.74, 6) is 0. The molecule has 0 bridgehead atoms. The number of likely N-dealkylation sites (N-methyl/N-ethyl adjacent to an activating group) is 1. The van der Waals surface area contributed by atoms with E-state index in [1.165, 1.54) is 22.5 Å². The summed E-state index contributed by atoms with van der Waals surface area (Å²) in [6.07, 6.45) is 0.786. The highest BCUT2D eigenvalue weighted by molar-refractivity contribution is 7.89. The molecule has 1 aliphatic rings. The molecule has 1 aliphatic heterocycles. The lowest BCUT2D eigenvalue weighted by Gasteiger charge is -2.23. The maximum atomic E-state index is 12.4. The first-order valence-electron chi connectivity index (χ1n) is 5.85. The summed E-state index contributed by atoms with van der Waals surface area (Å²) in [7, 11) is -2.03. The number of nitrogens with zero attached hydrogens (tertiary/aromatic N) is 2. The summed E-state index contributed by atoms with van der Waals surface area (Å²) < 4.78 is 26.2. The monoisotopic (exact) mass is 335 g/mol. The van der Waals surface area contributed by atoms with Gasteiger partial charge < -0.3 is 5.32 Å². The number of hydrogen-bond donors (Lipinski definition) is 1. The number of halogens is 2. The molecule has 1 N–H and O–H groups in total. The minimum absolute atomic E-state index is 0. The van der Waals surface area contributed by atoms with Gasteiger partial charge in [0.15, 0.2) is 0 Å². The van der Waals surface area contributed by atoms with Crippen LogP contribution in [0.25, 0.3) is 0 Å². The van der Waals surface area contributed by atoms with Gasteiger partial charge in [-0.25, -0.2) is 8.42 Å². The van der Waals surface area contributed by atoms with E-state index in [9.17, 15) is 8.42 Å². The zero-order chi connectivity index (χ0) is 14.0. The van der Waals surface area contributed by atoms with Crippen molar-refractivity contribution in [3.05, 3.63) is 28.8 Å². The van der Waals surface area contributed by atoms with Gasteiger partial charge in [0.2, 0.25) is 10.0 Å². The average molecular weight is 336 g/mol. The van der Waals surface area contributed by atoms with Crippen LogP contribution < -0.4 is 5.32 Å². The normalized spacial score (nSPS) is 18.6. The van der Waals surface area contributed by atoms with Crippen molar-refractivity contribution >= 4 is 34.0 Å². The maximum absolute atomic E-state index is 12.4. The molecule has 1 atom stereocenters. The van der Waals surface area contributed by atoms with Gasteiger partial charge in [-0.2, -0.15) is 9.57 Å². The zero-order valence-electron chi connectivity index (χ0n) is 10.8. The van der Waals surface area contributed by atoms with Crippen LogP contribution in [0.1, 0.15) is 12.0 Å².